The molecule has 2 rings (SSSR count). The Morgan fingerprint density at radius 3 is 2.00 bits per heavy atom. The SMILES string of the molecule is Cc1cccc(C(=O)O)c1NC(=O)c1c(C)cccc1C. The van der Waals surface area contributed by atoms with Crippen molar-refractivity contribution < 1.29 is 14.7 Å². The molecule has 0 atom stereocenters. The van der Waals surface area contributed by atoms with Gasteiger partial charge in [0.05, 0.1) is 11.3 Å². The van der Waals surface area contributed by atoms with Gasteiger partial charge < -0.3 is 10.4 Å². The molecule has 0 fully saturated rings. The largest absolute Gasteiger partial charge is 0.478 e. The first-order valence-electron chi connectivity index (χ1n) is 6.62. The van der Waals surface area contributed by atoms with Gasteiger partial charge in [-0.1, -0.05) is 30.3 Å². The highest BCUT2D eigenvalue weighted by atomic mass is 16.4. The Morgan fingerprint density at radius 2 is 1.43 bits per heavy atom. The third-order valence-corrected chi connectivity index (χ3v) is 3.45. The average molecular weight is 283 g/mol. The topological polar surface area (TPSA) is 66.4 Å². The molecular weight excluding hydrogens is 266 g/mol. The van der Waals surface area contributed by atoms with Crippen molar-refractivity contribution in [1.82, 2.24) is 0 Å². The van der Waals surface area contributed by atoms with E-state index in [0.717, 1.165) is 16.7 Å². The number of hydrogen-bond acceptors (Lipinski definition) is 2. The summed E-state index contributed by atoms with van der Waals surface area (Å²) < 4.78 is 0. The average Bonchev–Trinajstić information content (AvgIpc) is 2.40. The fraction of sp³-hybridized carbons (Fsp3) is 0.176. The molecule has 0 aliphatic rings. The van der Waals surface area contributed by atoms with Crippen LogP contribution in [0.2, 0.25) is 0 Å². The quantitative estimate of drug-likeness (QED) is 0.905. The number of aryl methyl sites for hydroxylation is 3. The van der Waals surface area contributed by atoms with Crippen LogP contribution in [0, 0.1) is 20.8 Å². The van der Waals surface area contributed by atoms with Gasteiger partial charge in [-0.2, -0.15) is 0 Å². The number of rotatable bonds is 3. The second-order valence-corrected chi connectivity index (χ2v) is 5.02. The van der Waals surface area contributed by atoms with E-state index in [4.69, 9.17) is 0 Å². The van der Waals surface area contributed by atoms with Crippen LogP contribution in [0.25, 0.3) is 0 Å². The molecule has 0 aromatic heterocycles. The molecule has 0 aliphatic heterocycles. The minimum absolute atomic E-state index is 0.0922. The first-order chi connectivity index (χ1) is 9.91. The lowest BCUT2D eigenvalue weighted by Crippen LogP contribution is -2.18. The van der Waals surface area contributed by atoms with Gasteiger partial charge in [0.2, 0.25) is 0 Å². The van der Waals surface area contributed by atoms with E-state index < -0.39 is 5.97 Å². The van der Waals surface area contributed by atoms with Gasteiger partial charge in [-0.15, -0.1) is 0 Å². The number of aromatic carboxylic acids is 1. The Hall–Kier alpha value is -2.62. The molecule has 2 N–H and O–H groups in total. The molecule has 2 aromatic carbocycles. The van der Waals surface area contributed by atoms with Crippen molar-refractivity contribution in [3.05, 3.63) is 64.2 Å². The molecule has 1 amide bonds. The molecule has 21 heavy (non-hydrogen) atoms. The zero-order valence-corrected chi connectivity index (χ0v) is 12.2. The molecular formula is C17H17NO3. The molecule has 0 bridgehead atoms. The van der Waals surface area contributed by atoms with Crippen LogP contribution in [0.3, 0.4) is 0 Å². The summed E-state index contributed by atoms with van der Waals surface area (Å²) in [5.74, 6) is -1.35. The van der Waals surface area contributed by atoms with Crippen molar-refractivity contribution in [3.63, 3.8) is 0 Å². The zero-order valence-electron chi connectivity index (χ0n) is 12.2. The Bertz CT molecular complexity index is 700. The number of benzene rings is 2. The summed E-state index contributed by atoms with van der Waals surface area (Å²) in [6.07, 6.45) is 0. The van der Waals surface area contributed by atoms with Crippen LogP contribution in [0.15, 0.2) is 36.4 Å². The minimum Gasteiger partial charge on any atom is -0.478 e. The monoisotopic (exact) mass is 283 g/mol. The second kappa shape index (κ2) is 5.79. The van der Waals surface area contributed by atoms with Gasteiger partial charge in [0.15, 0.2) is 0 Å². The summed E-state index contributed by atoms with van der Waals surface area (Å²) >= 11 is 0. The van der Waals surface area contributed by atoms with Gasteiger partial charge in [-0.3, -0.25) is 4.79 Å². The molecule has 0 saturated heterocycles. The van der Waals surface area contributed by atoms with Crippen molar-refractivity contribution in [2.24, 2.45) is 0 Å². The molecule has 0 saturated carbocycles. The fourth-order valence-electron chi connectivity index (χ4n) is 2.36. The number of carbonyl (C=O) groups excluding carboxylic acids is 1. The van der Waals surface area contributed by atoms with Crippen LogP contribution in [0.4, 0.5) is 5.69 Å². The highest BCUT2D eigenvalue weighted by molar-refractivity contribution is 6.09. The molecule has 0 aliphatic carbocycles. The van der Waals surface area contributed by atoms with Gasteiger partial charge in [-0.05, 0) is 43.5 Å². The van der Waals surface area contributed by atoms with Crippen LogP contribution < -0.4 is 5.32 Å². The summed E-state index contributed by atoms with van der Waals surface area (Å²) in [6.45, 7) is 5.49. The van der Waals surface area contributed by atoms with Crippen molar-refractivity contribution in [2.75, 3.05) is 5.32 Å². The summed E-state index contributed by atoms with van der Waals surface area (Å²) in [6, 6.07) is 10.5. The van der Waals surface area contributed by atoms with E-state index in [2.05, 4.69) is 5.32 Å². The number of carboxylic acid groups (broad SMARTS) is 1. The molecule has 108 valence electrons. The third-order valence-electron chi connectivity index (χ3n) is 3.45. The number of hydrogen-bond donors (Lipinski definition) is 2. The predicted octanol–water partition coefficient (Wildman–Crippen LogP) is 3.56. The molecule has 0 unspecified atom stereocenters. The van der Waals surface area contributed by atoms with Crippen LogP contribution in [0.1, 0.15) is 37.4 Å². The van der Waals surface area contributed by atoms with E-state index in [9.17, 15) is 14.7 Å². The smallest absolute Gasteiger partial charge is 0.337 e. The molecule has 0 heterocycles. The lowest BCUT2D eigenvalue weighted by molar-refractivity contribution is 0.0698. The summed E-state index contributed by atoms with van der Waals surface area (Å²) in [4.78, 5) is 23.8. The number of anilines is 1. The zero-order chi connectivity index (χ0) is 15.6. The fourth-order valence-corrected chi connectivity index (χ4v) is 2.36. The Kier molecular flexibility index (Phi) is 4.08. The van der Waals surface area contributed by atoms with E-state index in [1.54, 1.807) is 19.1 Å². The first-order valence-corrected chi connectivity index (χ1v) is 6.62. The van der Waals surface area contributed by atoms with Crippen molar-refractivity contribution in [3.8, 4) is 0 Å². The predicted molar refractivity (Wildman–Crippen MR) is 82.0 cm³/mol. The number of amides is 1. The van der Waals surface area contributed by atoms with Crippen LogP contribution in [-0.2, 0) is 0 Å². The highest BCUT2D eigenvalue weighted by Crippen LogP contribution is 2.23. The number of nitrogens with one attached hydrogen (secondary N) is 1. The van der Waals surface area contributed by atoms with E-state index in [0.29, 0.717) is 11.3 Å². The van der Waals surface area contributed by atoms with E-state index in [1.807, 2.05) is 32.0 Å². The lowest BCUT2D eigenvalue weighted by Gasteiger charge is -2.14. The van der Waals surface area contributed by atoms with Gasteiger partial charge in [0.25, 0.3) is 5.91 Å². The minimum atomic E-state index is -1.06. The van der Waals surface area contributed by atoms with Crippen LogP contribution in [-0.4, -0.2) is 17.0 Å². The van der Waals surface area contributed by atoms with E-state index >= 15 is 0 Å². The first kappa shape index (κ1) is 14.8. The maximum atomic E-state index is 12.5. The van der Waals surface area contributed by atoms with Crippen molar-refractivity contribution in [2.45, 2.75) is 20.8 Å². The Morgan fingerprint density at radius 1 is 0.905 bits per heavy atom. The van der Waals surface area contributed by atoms with Gasteiger partial charge >= 0.3 is 5.97 Å². The summed E-state index contributed by atoms with van der Waals surface area (Å²) in [5.41, 5.74) is 3.45. The number of para-hydroxylation sites is 1. The third kappa shape index (κ3) is 2.94. The van der Waals surface area contributed by atoms with Crippen molar-refractivity contribution in [1.29, 1.82) is 0 Å². The number of carbonyl (C=O) groups is 2. The van der Waals surface area contributed by atoms with Gasteiger partial charge in [0.1, 0.15) is 0 Å². The summed E-state index contributed by atoms with van der Waals surface area (Å²) in [5, 5.41) is 12.0. The molecule has 4 heteroatoms. The maximum Gasteiger partial charge on any atom is 0.337 e. The maximum absolute atomic E-state index is 12.5. The van der Waals surface area contributed by atoms with Crippen LogP contribution in [0.5, 0.6) is 0 Å². The Balaban J connectivity index is 2.44. The summed E-state index contributed by atoms with van der Waals surface area (Å²) in [7, 11) is 0. The van der Waals surface area contributed by atoms with E-state index in [-0.39, 0.29) is 11.5 Å². The standard InChI is InChI=1S/C17H17NO3/c1-10-6-4-7-11(2)14(10)16(19)18-15-12(3)8-5-9-13(15)17(20)21/h4-9H,1-3H3,(H,18,19)(H,20,21). The molecule has 0 spiro atoms. The molecule has 0 radical (unpaired) electrons. The molecule has 2 aromatic rings. The number of carboxylic acids is 1. The van der Waals surface area contributed by atoms with Gasteiger partial charge in [-0.25, -0.2) is 4.79 Å². The van der Waals surface area contributed by atoms with Gasteiger partial charge in [0, 0.05) is 5.56 Å². The second-order valence-electron chi connectivity index (χ2n) is 5.02. The normalized spacial score (nSPS) is 10.2. The lowest BCUT2D eigenvalue weighted by atomic mass is 10.0. The Labute approximate surface area is 123 Å². The molecule has 4 nitrogen and oxygen atoms in total. The van der Waals surface area contributed by atoms with Crippen LogP contribution >= 0.6 is 0 Å². The van der Waals surface area contributed by atoms with Crippen molar-refractivity contribution >= 4 is 17.6 Å². The van der Waals surface area contributed by atoms with E-state index in [1.165, 1.54) is 6.07 Å². The highest BCUT2D eigenvalue weighted by Gasteiger charge is 2.17.